The Labute approximate surface area is 54.6 Å². The van der Waals surface area contributed by atoms with Gasteiger partial charge in [0.05, 0.1) is 0 Å². The second kappa shape index (κ2) is 4.32. The maximum atomic E-state index is 9.97. The van der Waals surface area contributed by atoms with Gasteiger partial charge >= 0.3 is 5.97 Å². The van der Waals surface area contributed by atoms with E-state index in [1.807, 2.05) is 6.92 Å². The molecule has 1 radical (unpaired) electrons. The normalized spacial score (nSPS) is 13.1. The third-order valence-corrected chi connectivity index (χ3v) is 0.904. The maximum Gasteiger partial charge on any atom is 0.383 e. The average Bonchev–Trinajstić information content (AvgIpc) is 1.82. The van der Waals surface area contributed by atoms with E-state index in [2.05, 4.69) is 0 Å². The van der Waals surface area contributed by atoms with Crippen molar-refractivity contribution in [1.29, 1.82) is 0 Å². The van der Waals surface area contributed by atoms with Crippen LogP contribution >= 0.6 is 0 Å². The van der Waals surface area contributed by atoms with Crippen molar-refractivity contribution in [2.45, 2.75) is 26.4 Å². The zero-order valence-corrected chi connectivity index (χ0v) is 5.72. The quantitative estimate of drug-likeness (QED) is 0.565. The van der Waals surface area contributed by atoms with E-state index in [9.17, 15) is 9.90 Å². The number of carbonyl (C=O) groups is 1. The zero-order valence-electron chi connectivity index (χ0n) is 5.72. The fraction of sp³-hybridized carbons (Fsp3) is 0.833. The molecule has 1 atom stereocenters. The summed E-state index contributed by atoms with van der Waals surface area (Å²) in [6, 6.07) is 0. The highest BCUT2D eigenvalue weighted by atomic mass is 16.5. The van der Waals surface area contributed by atoms with E-state index in [0.717, 1.165) is 6.42 Å². The third-order valence-electron chi connectivity index (χ3n) is 0.904. The standard InChI is InChI=1S/C6H11O3/c1-3-4-9-5(2)6(7)8/h5H,3-4H2,1-2H3. The fourth-order valence-corrected chi connectivity index (χ4v) is 0.363. The van der Waals surface area contributed by atoms with Gasteiger partial charge in [0.2, 0.25) is 0 Å². The van der Waals surface area contributed by atoms with Crippen LogP contribution in [-0.4, -0.2) is 18.7 Å². The molecule has 0 aliphatic rings. The van der Waals surface area contributed by atoms with E-state index in [-0.39, 0.29) is 0 Å². The molecule has 0 aromatic rings. The fourth-order valence-electron chi connectivity index (χ4n) is 0.363. The van der Waals surface area contributed by atoms with Crippen molar-refractivity contribution in [1.82, 2.24) is 0 Å². The van der Waals surface area contributed by atoms with Gasteiger partial charge in [-0.1, -0.05) is 6.92 Å². The van der Waals surface area contributed by atoms with Gasteiger partial charge in [0, 0.05) is 6.61 Å². The molecule has 0 rings (SSSR count). The van der Waals surface area contributed by atoms with Crippen LogP contribution in [0.5, 0.6) is 0 Å². The van der Waals surface area contributed by atoms with Crippen LogP contribution in [0.3, 0.4) is 0 Å². The second-order valence-corrected chi connectivity index (χ2v) is 1.83. The Bertz CT molecular complexity index is 90.3. The van der Waals surface area contributed by atoms with Crippen molar-refractivity contribution >= 4 is 5.97 Å². The number of hydrogen-bond donors (Lipinski definition) is 0. The summed E-state index contributed by atoms with van der Waals surface area (Å²) in [5.74, 6) is -1.15. The van der Waals surface area contributed by atoms with Gasteiger partial charge < -0.3 is 4.74 Å². The Hall–Kier alpha value is -0.570. The highest BCUT2D eigenvalue weighted by Gasteiger charge is 2.11. The molecule has 53 valence electrons. The van der Waals surface area contributed by atoms with Gasteiger partial charge in [-0.25, -0.2) is 9.90 Å². The summed E-state index contributed by atoms with van der Waals surface area (Å²) in [5, 5.41) is 9.97. The van der Waals surface area contributed by atoms with E-state index < -0.39 is 12.1 Å². The summed E-state index contributed by atoms with van der Waals surface area (Å²) in [6.45, 7) is 3.86. The van der Waals surface area contributed by atoms with E-state index in [4.69, 9.17) is 4.74 Å². The lowest BCUT2D eigenvalue weighted by Crippen LogP contribution is -2.18. The van der Waals surface area contributed by atoms with E-state index in [0.29, 0.717) is 6.61 Å². The van der Waals surface area contributed by atoms with Gasteiger partial charge in [-0.15, -0.1) is 0 Å². The molecule has 1 unspecified atom stereocenters. The van der Waals surface area contributed by atoms with Crippen molar-refractivity contribution in [2.75, 3.05) is 6.61 Å². The Morgan fingerprint density at radius 1 is 1.67 bits per heavy atom. The first-order chi connectivity index (χ1) is 4.18. The zero-order chi connectivity index (χ0) is 7.28. The van der Waals surface area contributed by atoms with Gasteiger partial charge in [-0.2, -0.15) is 0 Å². The Balaban J connectivity index is 3.27. The van der Waals surface area contributed by atoms with E-state index in [1.54, 1.807) is 0 Å². The molecular weight excluding hydrogens is 120 g/mol. The Kier molecular flexibility index (Phi) is 4.05. The van der Waals surface area contributed by atoms with Crippen LogP contribution in [-0.2, 0) is 14.6 Å². The molecule has 0 spiro atoms. The Morgan fingerprint density at radius 2 is 2.22 bits per heavy atom. The summed E-state index contributed by atoms with van der Waals surface area (Å²) in [6.07, 6.45) is 0.0578. The first-order valence-corrected chi connectivity index (χ1v) is 3.01. The molecule has 0 aliphatic carbocycles. The van der Waals surface area contributed by atoms with Crippen LogP contribution in [0, 0.1) is 0 Å². The highest BCUT2D eigenvalue weighted by Crippen LogP contribution is 1.91. The average molecular weight is 131 g/mol. The van der Waals surface area contributed by atoms with Crippen molar-refractivity contribution < 1.29 is 14.6 Å². The molecule has 0 amide bonds. The molecule has 0 aromatic carbocycles. The van der Waals surface area contributed by atoms with Gasteiger partial charge in [-0.05, 0) is 13.3 Å². The summed E-state index contributed by atoms with van der Waals surface area (Å²) >= 11 is 0. The third kappa shape index (κ3) is 3.97. The lowest BCUT2D eigenvalue weighted by atomic mass is 10.4. The minimum atomic E-state index is -1.15. The molecule has 0 aliphatic heterocycles. The largest absolute Gasteiger partial charge is 0.383 e. The Morgan fingerprint density at radius 3 is 2.56 bits per heavy atom. The summed E-state index contributed by atoms with van der Waals surface area (Å²) < 4.78 is 4.79. The second-order valence-electron chi connectivity index (χ2n) is 1.83. The van der Waals surface area contributed by atoms with Crippen LogP contribution in [0.15, 0.2) is 0 Å². The summed E-state index contributed by atoms with van der Waals surface area (Å²) in [5.41, 5.74) is 0. The number of hydrogen-bond acceptors (Lipinski definition) is 2. The minimum absolute atomic E-state index is 0.481. The van der Waals surface area contributed by atoms with Crippen molar-refractivity contribution in [3.8, 4) is 0 Å². The van der Waals surface area contributed by atoms with Gasteiger partial charge in [0.1, 0.15) is 0 Å². The van der Waals surface area contributed by atoms with Crippen molar-refractivity contribution in [3.63, 3.8) is 0 Å². The van der Waals surface area contributed by atoms with Crippen molar-refractivity contribution in [3.05, 3.63) is 0 Å². The molecule has 3 heteroatoms. The molecule has 0 fully saturated rings. The van der Waals surface area contributed by atoms with Crippen LogP contribution in [0.4, 0.5) is 0 Å². The lowest BCUT2D eigenvalue weighted by Gasteiger charge is -2.03. The molecule has 0 saturated heterocycles. The molecule has 9 heavy (non-hydrogen) atoms. The molecule has 0 heterocycles. The number of carbonyl (C=O) groups excluding carboxylic acids is 1. The molecule has 0 N–H and O–H groups in total. The molecule has 3 nitrogen and oxygen atoms in total. The van der Waals surface area contributed by atoms with Crippen molar-refractivity contribution in [2.24, 2.45) is 0 Å². The summed E-state index contributed by atoms with van der Waals surface area (Å²) in [7, 11) is 0. The van der Waals surface area contributed by atoms with Crippen LogP contribution in [0.1, 0.15) is 20.3 Å². The molecule has 0 bridgehead atoms. The monoisotopic (exact) mass is 131 g/mol. The van der Waals surface area contributed by atoms with Crippen LogP contribution < -0.4 is 0 Å². The van der Waals surface area contributed by atoms with Gasteiger partial charge in [0.15, 0.2) is 6.10 Å². The maximum absolute atomic E-state index is 9.97. The summed E-state index contributed by atoms with van der Waals surface area (Å²) in [4.78, 5) is 9.97. The van der Waals surface area contributed by atoms with E-state index >= 15 is 0 Å². The van der Waals surface area contributed by atoms with Crippen LogP contribution in [0.2, 0.25) is 0 Å². The van der Waals surface area contributed by atoms with Crippen LogP contribution in [0.25, 0.3) is 0 Å². The topological polar surface area (TPSA) is 46.2 Å². The smallest absolute Gasteiger partial charge is 0.367 e. The predicted molar refractivity (Wildman–Crippen MR) is 31.4 cm³/mol. The molecular formula is C6H11O3. The molecule has 0 saturated carbocycles. The van der Waals surface area contributed by atoms with Gasteiger partial charge in [-0.3, -0.25) is 0 Å². The predicted octanol–water partition coefficient (Wildman–Crippen LogP) is 0.759. The number of rotatable bonds is 4. The molecule has 0 aromatic heterocycles. The van der Waals surface area contributed by atoms with Gasteiger partial charge in [0.25, 0.3) is 0 Å². The lowest BCUT2D eigenvalue weighted by molar-refractivity contribution is -0.155. The minimum Gasteiger partial charge on any atom is -0.367 e. The SMILES string of the molecule is CCCOC(C)C([O])=O. The first-order valence-electron chi connectivity index (χ1n) is 3.01. The first kappa shape index (κ1) is 8.43. The highest BCUT2D eigenvalue weighted by molar-refractivity contribution is 5.71. The van der Waals surface area contributed by atoms with E-state index in [1.165, 1.54) is 6.92 Å². The number of ether oxygens (including phenoxy) is 1.